The number of pyridine rings is 1. The fourth-order valence-electron chi connectivity index (χ4n) is 8.25. The zero-order valence-electron chi connectivity index (χ0n) is 36.8. The summed E-state index contributed by atoms with van der Waals surface area (Å²) in [6.07, 6.45) is 2.45. The van der Waals surface area contributed by atoms with Crippen molar-refractivity contribution in [1.82, 2.24) is 35.0 Å². The van der Waals surface area contributed by atoms with Gasteiger partial charge in [0.05, 0.1) is 35.7 Å². The molecule has 338 valence electrons. The maximum Gasteiger partial charge on any atom is 0.323 e. The molecule has 6 amide bonds. The number of fused-ring (bicyclic) bond motifs is 2. The van der Waals surface area contributed by atoms with Gasteiger partial charge < -0.3 is 29.6 Å². The number of nitrogens with one attached hydrogen (secondary N) is 4. The van der Waals surface area contributed by atoms with Crippen molar-refractivity contribution in [1.29, 1.82) is 0 Å². The van der Waals surface area contributed by atoms with Gasteiger partial charge in [0.1, 0.15) is 18.4 Å². The summed E-state index contributed by atoms with van der Waals surface area (Å²) in [5, 5.41) is 13.3. The summed E-state index contributed by atoms with van der Waals surface area (Å²) in [5.74, 6) is -2.38. The van der Waals surface area contributed by atoms with E-state index in [0.717, 1.165) is 63.7 Å². The molecule has 18 nitrogen and oxygen atoms in total. The number of urea groups is 1. The second-order valence-corrected chi connectivity index (χ2v) is 16.4. The van der Waals surface area contributed by atoms with E-state index < -0.39 is 29.7 Å². The molecule has 0 saturated carbocycles. The van der Waals surface area contributed by atoms with Crippen molar-refractivity contribution in [2.75, 3.05) is 71.8 Å². The minimum atomic E-state index is -1.07. The van der Waals surface area contributed by atoms with Crippen LogP contribution in [0.1, 0.15) is 69.5 Å². The highest BCUT2D eigenvalue weighted by Crippen LogP contribution is 2.36. The van der Waals surface area contributed by atoms with Crippen molar-refractivity contribution < 1.29 is 38.3 Å². The second kappa shape index (κ2) is 19.8. The number of aromatic nitrogens is 2. The van der Waals surface area contributed by atoms with Crippen LogP contribution in [0.25, 0.3) is 22.3 Å². The zero-order chi connectivity index (χ0) is 45.6. The van der Waals surface area contributed by atoms with E-state index in [1.807, 2.05) is 30.5 Å². The van der Waals surface area contributed by atoms with Crippen molar-refractivity contribution in [3.8, 4) is 11.3 Å². The fourth-order valence-corrected chi connectivity index (χ4v) is 8.25. The van der Waals surface area contributed by atoms with Crippen LogP contribution in [0.15, 0.2) is 90.2 Å². The highest BCUT2D eigenvalue weighted by Gasteiger charge is 2.45. The molecule has 18 heteroatoms. The van der Waals surface area contributed by atoms with Crippen LogP contribution < -0.4 is 16.1 Å². The van der Waals surface area contributed by atoms with Crippen LogP contribution in [0.5, 0.6) is 0 Å². The quantitative estimate of drug-likeness (QED) is 0.0380. The zero-order valence-corrected chi connectivity index (χ0v) is 36.8. The first-order valence-electron chi connectivity index (χ1n) is 21.5. The topological polar surface area (TPSA) is 203 Å². The number of piperidine rings is 1. The predicted molar refractivity (Wildman–Crippen MR) is 243 cm³/mol. The Bertz CT molecular complexity index is 2630. The van der Waals surface area contributed by atoms with Gasteiger partial charge in [-0.15, -0.1) is 0 Å². The summed E-state index contributed by atoms with van der Waals surface area (Å²) in [6.45, 7) is 4.94. The molecule has 2 aromatic heterocycles. The second-order valence-electron chi connectivity index (χ2n) is 16.4. The van der Waals surface area contributed by atoms with Crippen molar-refractivity contribution in [2.24, 2.45) is 5.10 Å². The van der Waals surface area contributed by atoms with Crippen molar-refractivity contribution >= 4 is 57.8 Å². The number of carbonyl (C=O) groups excluding carboxylic acids is 5. The van der Waals surface area contributed by atoms with E-state index in [4.69, 9.17) is 19.4 Å². The SMILES string of the molecule is CCN1CC(c2ccnc3[nH]c(-c4cccc(CN(C)C)c4)cc23)C(c2ccc(NC(=O)N(C)COCCCOCONc3cccc4c3C(=O)N(C3CCC(=O)NC3=O)C4=O)cc2)=N1. The molecule has 8 rings (SSSR count). The Labute approximate surface area is 375 Å². The lowest BCUT2D eigenvalue weighted by molar-refractivity contribution is -0.136. The summed E-state index contributed by atoms with van der Waals surface area (Å²) >= 11 is 0. The number of carbonyl (C=O) groups is 5. The Morgan fingerprint density at radius 3 is 2.51 bits per heavy atom. The smallest absolute Gasteiger partial charge is 0.323 e. The average Bonchev–Trinajstić information content (AvgIpc) is 4.00. The number of rotatable bonds is 18. The molecule has 65 heavy (non-hydrogen) atoms. The van der Waals surface area contributed by atoms with Crippen molar-refractivity contribution in [3.63, 3.8) is 0 Å². The monoisotopic (exact) mass is 884 g/mol. The fraction of sp³-hybridized carbons (Fsp3) is 0.340. The van der Waals surface area contributed by atoms with E-state index in [9.17, 15) is 24.0 Å². The lowest BCUT2D eigenvalue weighted by Crippen LogP contribution is -2.54. The molecule has 3 aliphatic rings. The molecule has 5 heterocycles. The van der Waals surface area contributed by atoms with Gasteiger partial charge in [0.25, 0.3) is 11.8 Å². The average molecular weight is 885 g/mol. The van der Waals surface area contributed by atoms with E-state index in [0.29, 0.717) is 18.7 Å². The third-order valence-corrected chi connectivity index (χ3v) is 11.4. The molecule has 0 aliphatic carbocycles. The van der Waals surface area contributed by atoms with Gasteiger partial charge in [-0.25, -0.2) is 14.6 Å². The van der Waals surface area contributed by atoms with Crippen LogP contribution in [0.2, 0.25) is 0 Å². The number of hydrogen-bond acceptors (Lipinski definition) is 13. The summed E-state index contributed by atoms with van der Waals surface area (Å²) in [4.78, 5) is 81.4. The van der Waals surface area contributed by atoms with Crippen LogP contribution in [-0.2, 0) is 30.4 Å². The Morgan fingerprint density at radius 1 is 0.923 bits per heavy atom. The van der Waals surface area contributed by atoms with E-state index in [-0.39, 0.29) is 61.7 Å². The van der Waals surface area contributed by atoms with Gasteiger partial charge in [-0.2, -0.15) is 5.10 Å². The summed E-state index contributed by atoms with van der Waals surface area (Å²) in [5.41, 5.74) is 11.0. The normalized spacial score (nSPS) is 17.2. The molecular weight excluding hydrogens is 833 g/mol. The number of nitrogens with zero attached hydrogens (tertiary/aromatic N) is 6. The molecule has 0 bridgehead atoms. The number of hydrogen-bond donors (Lipinski definition) is 4. The van der Waals surface area contributed by atoms with E-state index in [2.05, 4.69) is 93.4 Å². The summed E-state index contributed by atoms with van der Waals surface area (Å²) in [6, 6.07) is 23.8. The minimum Gasteiger partial charge on any atom is -0.361 e. The number of hydrazone groups is 1. The molecule has 5 aromatic rings. The molecule has 3 aliphatic heterocycles. The standard InChI is InChI=1S/C47H52N10O8/c1-5-56-26-36(33-19-20-48-43-35(33)24-38(50-43)31-10-6-9-29(23-31)25-54(2)3)42(52-56)30-13-15-32(16-14-30)49-47(62)55(4)27-63-21-8-22-64-28-65-53-37-12-7-11-34-41(37)46(61)57(45(34)60)39-17-18-40(58)51-44(39)59/h6-7,9-16,19-20,23-24,36,39,53H,5,8,17-18,21-22,25-28H2,1-4H3,(H,48,50)(H,49,62)(H,51,58,59). The molecule has 0 radical (unpaired) electrons. The highest BCUT2D eigenvalue weighted by atomic mass is 16.8. The van der Waals surface area contributed by atoms with E-state index in [1.54, 1.807) is 19.2 Å². The molecule has 4 N–H and O–H groups in total. The molecular formula is C47H52N10O8. The Morgan fingerprint density at radius 2 is 1.72 bits per heavy atom. The summed E-state index contributed by atoms with van der Waals surface area (Å²) in [7, 11) is 5.77. The molecule has 2 atom stereocenters. The molecule has 3 aromatic carbocycles. The van der Waals surface area contributed by atoms with Gasteiger partial charge in [0.15, 0.2) is 6.79 Å². The number of anilines is 2. The van der Waals surface area contributed by atoms with E-state index >= 15 is 0 Å². The van der Waals surface area contributed by atoms with E-state index in [1.165, 1.54) is 16.5 Å². The molecule has 0 spiro atoms. The third kappa shape index (κ3) is 9.90. The molecule has 1 saturated heterocycles. The van der Waals surface area contributed by atoms with Gasteiger partial charge in [-0.3, -0.25) is 39.9 Å². The third-order valence-electron chi connectivity index (χ3n) is 11.4. The first-order valence-corrected chi connectivity index (χ1v) is 21.5. The van der Waals surface area contributed by atoms with Crippen LogP contribution in [0, 0.1) is 0 Å². The Kier molecular flexibility index (Phi) is 13.6. The number of benzene rings is 3. The minimum absolute atomic E-state index is 0.0132. The van der Waals surface area contributed by atoms with Crippen LogP contribution in [0.4, 0.5) is 16.2 Å². The number of imide groups is 2. The number of amides is 6. The van der Waals surface area contributed by atoms with Gasteiger partial charge in [-0.1, -0.05) is 36.4 Å². The maximum absolute atomic E-state index is 13.2. The van der Waals surface area contributed by atoms with Gasteiger partial charge >= 0.3 is 6.03 Å². The predicted octanol–water partition coefficient (Wildman–Crippen LogP) is 5.36. The number of H-pyrrole nitrogens is 1. The maximum atomic E-state index is 13.2. The number of ether oxygens (including phenoxy) is 2. The van der Waals surface area contributed by atoms with Gasteiger partial charge in [0, 0.05) is 62.0 Å². The van der Waals surface area contributed by atoms with Crippen molar-refractivity contribution in [3.05, 3.63) is 113 Å². The number of likely N-dealkylation sites (N-methyl/N-ethyl adjacent to an activating group) is 1. The Balaban J connectivity index is 0.777. The molecule has 2 unspecified atom stereocenters. The first kappa shape index (κ1) is 44.6. The first-order chi connectivity index (χ1) is 31.5. The summed E-state index contributed by atoms with van der Waals surface area (Å²) < 4.78 is 11.2. The largest absolute Gasteiger partial charge is 0.361 e. The number of aromatic amines is 1. The van der Waals surface area contributed by atoms with Crippen LogP contribution in [0.3, 0.4) is 0 Å². The van der Waals surface area contributed by atoms with Gasteiger partial charge in [-0.05, 0) is 98.6 Å². The van der Waals surface area contributed by atoms with Crippen LogP contribution in [-0.4, -0.2) is 132 Å². The highest BCUT2D eigenvalue weighted by molar-refractivity contribution is 6.25. The van der Waals surface area contributed by atoms with Crippen molar-refractivity contribution in [2.45, 2.75) is 44.7 Å². The van der Waals surface area contributed by atoms with Crippen LogP contribution >= 0.6 is 0 Å². The lowest BCUT2D eigenvalue weighted by Gasteiger charge is -2.27. The Hall–Kier alpha value is -6.99. The lowest BCUT2D eigenvalue weighted by atomic mass is 9.89. The molecule has 1 fully saturated rings. The van der Waals surface area contributed by atoms with Gasteiger partial charge in [0.2, 0.25) is 11.8 Å².